The number of carbonyl (C=O) groups excluding carboxylic acids is 1. The van der Waals surface area contributed by atoms with Crippen molar-refractivity contribution in [3.63, 3.8) is 0 Å². The zero-order valence-electron chi connectivity index (χ0n) is 12.8. The van der Waals surface area contributed by atoms with Gasteiger partial charge in [0.25, 0.3) is 5.91 Å². The molecule has 2 heterocycles. The average molecular weight is 295 g/mol. The van der Waals surface area contributed by atoms with Gasteiger partial charge in [-0.3, -0.25) is 10.2 Å². The molecule has 0 aromatic heterocycles. The van der Waals surface area contributed by atoms with Gasteiger partial charge < -0.3 is 4.84 Å². The monoisotopic (exact) mass is 295 g/mol. The number of hydrogen-bond donors (Lipinski definition) is 1. The number of nitrogens with zero attached hydrogens (tertiary/aromatic N) is 2. The van der Waals surface area contributed by atoms with Gasteiger partial charge in [-0.2, -0.15) is 4.99 Å². The van der Waals surface area contributed by atoms with Crippen molar-refractivity contribution >= 4 is 23.7 Å². The van der Waals surface area contributed by atoms with Crippen LogP contribution in [0.2, 0.25) is 0 Å². The van der Waals surface area contributed by atoms with E-state index in [2.05, 4.69) is 18.8 Å². The van der Waals surface area contributed by atoms with Crippen LogP contribution in [0.1, 0.15) is 37.8 Å². The maximum atomic E-state index is 12.1. The summed E-state index contributed by atoms with van der Waals surface area (Å²) in [6.45, 7) is 6.01. The first-order valence-electron chi connectivity index (χ1n) is 7.15. The highest BCUT2D eigenvalue weighted by Gasteiger charge is 2.34. The third-order valence-corrected chi connectivity index (χ3v) is 3.59. The number of amides is 1. The molecule has 0 atom stereocenters. The number of benzene rings is 1. The summed E-state index contributed by atoms with van der Waals surface area (Å²) in [7, 11) is 0. The normalized spacial score (nSPS) is 19.3. The molecule has 0 bridgehead atoms. The molecule has 2 aliphatic rings. The van der Waals surface area contributed by atoms with Gasteiger partial charge in [0.1, 0.15) is 5.76 Å². The number of carbonyl (C=O) groups is 1. The minimum atomic E-state index is -0.418. The van der Waals surface area contributed by atoms with Gasteiger partial charge in [-0.25, -0.2) is 0 Å². The number of fused-ring (bicyclic) bond motifs is 1. The van der Waals surface area contributed by atoms with Crippen molar-refractivity contribution in [2.75, 3.05) is 0 Å². The zero-order valence-corrected chi connectivity index (χ0v) is 12.8. The van der Waals surface area contributed by atoms with Crippen LogP contribution in [-0.4, -0.2) is 22.6 Å². The predicted molar refractivity (Wildman–Crippen MR) is 85.4 cm³/mol. The van der Waals surface area contributed by atoms with E-state index in [4.69, 9.17) is 10.2 Å². The minimum absolute atomic E-state index is 0.0102. The molecule has 22 heavy (non-hydrogen) atoms. The predicted octanol–water partition coefficient (Wildman–Crippen LogP) is 3.26. The number of hydroxylamine groups is 2. The molecule has 5 nitrogen and oxygen atoms in total. The zero-order chi connectivity index (χ0) is 15.9. The molecule has 0 saturated carbocycles. The molecule has 0 spiro atoms. The van der Waals surface area contributed by atoms with Crippen LogP contribution < -0.4 is 0 Å². The number of hydrogen-bond acceptors (Lipinski definition) is 3. The lowest BCUT2D eigenvalue weighted by Gasteiger charge is -2.23. The van der Waals surface area contributed by atoms with Crippen LogP contribution in [0, 0.1) is 5.41 Å². The van der Waals surface area contributed by atoms with Crippen molar-refractivity contribution < 1.29 is 9.63 Å². The van der Waals surface area contributed by atoms with Gasteiger partial charge in [0.15, 0.2) is 11.7 Å². The summed E-state index contributed by atoms with van der Waals surface area (Å²) in [5.74, 6) is 1.02. The minimum Gasteiger partial charge on any atom is -0.376 e. The van der Waals surface area contributed by atoms with Crippen molar-refractivity contribution in [2.24, 2.45) is 4.99 Å². The Bertz CT molecular complexity index is 740. The Hall–Kier alpha value is -2.69. The summed E-state index contributed by atoms with van der Waals surface area (Å²) < 4.78 is 0. The van der Waals surface area contributed by atoms with E-state index in [9.17, 15) is 4.79 Å². The lowest BCUT2D eigenvalue weighted by atomic mass is 10.0. The van der Waals surface area contributed by atoms with Crippen molar-refractivity contribution in [3.05, 3.63) is 52.8 Å². The molecule has 112 valence electrons. The second kappa shape index (κ2) is 5.26. The van der Waals surface area contributed by atoms with Crippen molar-refractivity contribution in [3.8, 4) is 0 Å². The van der Waals surface area contributed by atoms with Crippen molar-refractivity contribution in [1.29, 1.82) is 5.41 Å². The lowest BCUT2D eigenvalue weighted by Crippen LogP contribution is -2.38. The quantitative estimate of drug-likeness (QED) is 0.852. The summed E-state index contributed by atoms with van der Waals surface area (Å²) in [5.41, 5.74) is 2.32. The Labute approximate surface area is 129 Å². The van der Waals surface area contributed by atoms with Crippen LogP contribution in [0.15, 0.2) is 46.7 Å². The second-order valence-electron chi connectivity index (χ2n) is 5.64. The highest BCUT2D eigenvalue weighted by Crippen LogP contribution is 2.24. The van der Waals surface area contributed by atoms with E-state index < -0.39 is 5.91 Å². The summed E-state index contributed by atoms with van der Waals surface area (Å²) in [5, 5.41) is 9.42. The third-order valence-electron chi connectivity index (χ3n) is 3.59. The van der Waals surface area contributed by atoms with Gasteiger partial charge in [-0.05, 0) is 30.0 Å². The largest absolute Gasteiger partial charge is 0.376 e. The molecule has 0 unspecified atom stereocenters. The first-order chi connectivity index (χ1) is 10.5. The van der Waals surface area contributed by atoms with Gasteiger partial charge in [0, 0.05) is 6.08 Å². The van der Waals surface area contributed by atoms with E-state index in [1.165, 1.54) is 10.6 Å². The van der Waals surface area contributed by atoms with Gasteiger partial charge in [-0.15, -0.1) is 5.06 Å². The molecule has 0 saturated heterocycles. The number of aliphatic imine (C=N–C) groups is 1. The number of nitrogens with one attached hydrogen (secondary N) is 1. The maximum Gasteiger partial charge on any atom is 0.282 e. The van der Waals surface area contributed by atoms with Crippen LogP contribution in [0.5, 0.6) is 0 Å². The van der Waals surface area contributed by atoms with Crippen molar-refractivity contribution in [2.45, 2.75) is 26.7 Å². The second-order valence-corrected chi connectivity index (χ2v) is 5.64. The van der Waals surface area contributed by atoms with Gasteiger partial charge >= 0.3 is 0 Å². The lowest BCUT2D eigenvalue weighted by molar-refractivity contribution is -0.114. The molecule has 1 N–H and O–H groups in total. The number of amidine groups is 2. The molecule has 1 amide bonds. The Morgan fingerprint density at radius 2 is 1.95 bits per heavy atom. The highest BCUT2D eigenvalue weighted by molar-refractivity contribution is 6.32. The van der Waals surface area contributed by atoms with Crippen LogP contribution in [0.25, 0.3) is 6.08 Å². The van der Waals surface area contributed by atoms with Crippen LogP contribution >= 0.6 is 0 Å². The molecule has 5 heteroatoms. The van der Waals surface area contributed by atoms with E-state index in [-0.39, 0.29) is 11.4 Å². The summed E-state index contributed by atoms with van der Waals surface area (Å²) in [4.78, 5) is 21.5. The van der Waals surface area contributed by atoms with E-state index in [0.717, 1.165) is 5.56 Å². The molecule has 2 aliphatic heterocycles. The van der Waals surface area contributed by atoms with Gasteiger partial charge in [0.2, 0.25) is 0 Å². The number of rotatable bonds is 2. The molecule has 0 fully saturated rings. The molecule has 0 radical (unpaired) electrons. The standard InChI is InChI=1S/C17H17N3O2/c1-10(2)13-6-4-12(5-7-13)9-14-16(18)20-15(19-17(14)21)8-11(3)22-20/h4-10,18H,1-3H3/b14-9+,18-16?. The smallest absolute Gasteiger partial charge is 0.282 e. The fraction of sp³-hybridized carbons (Fsp3) is 0.235. The molecule has 1 aromatic carbocycles. The van der Waals surface area contributed by atoms with Crippen molar-refractivity contribution in [1.82, 2.24) is 5.06 Å². The average Bonchev–Trinajstić information content (AvgIpc) is 2.84. The molecule has 3 rings (SSSR count). The SMILES string of the molecule is CC1=CC2=NC(=O)/C(=C/c3ccc(C(C)C)cc3)C(=N)N2O1. The van der Waals surface area contributed by atoms with Gasteiger partial charge in [-0.1, -0.05) is 38.1 Å². The van der Waals surface area contributed by atoms with E-state index in [1.807, 2.05) is 24.3 Å². The summed E-state index contributed by atoms with van der Waals surface area (Å²) >= 11 is 0. The molecule has 1 aromatic rings. The van der Waals surface area contributed by atoms with Crippen LogP contribution in [0.4, 0.5) is 0 Å². The van der Waals surface area contributed by atoms with E-state index >= 15 is 0 Å². The third kappa shape index (κ3) is 2.45. The first kappa shape index (κ1) is 14.3. The Morgan fingerprint density at radius 3 is 2.59 bits per heavy atom. The Balaban J connectivity index is 1.92. The fourth-order valence-electron chi connectivity index (χ4n) is 2.34. The molecular formula is C17H17N3O2. The summed E-state index contributed by atoms with van der Waals surface area (Å²) in [6, 6.07) is 7.94. The fourth-order valence-corrected chi connectivity index (χ4v) is 2.34. The highest BCUT2D eigenvalue weighted by atomic mass is 16.7. The first-order valence-corrected chi connectivity index (χ1v) is 7.15. The van der Waals surface area contributed by atoms with Crippen LogP contribution in [0.3, 0.4) is 0 Å². The Kier molecular flexibility index (Phi) is 3.41. The topological polar surface area (TPSA) is 65.8 Å². The molecular weight excluding hydrogens is 278 g/mol. The van der Waals surface area contributed by atoms with E-state index in [1.54, 1.807) is 19.1 Å². The van der Waals surface area contributed by atoms with Gasteiger partial charge in [0.05, 0.1) is 5.57 Å². The number of allylic oxidation sites excluding steroid dienone is 1. The maximum absolute atomic E-state index is 12.1. The van der Waals surface area contributed by atoms with Crippen LogP contribution in [-0.2, 0) is 9.63 Å². The van der Waals surface area contributed by atoms with E-state index in [0.29, 0.717) is 17.5 Å². The summed E-state index contributed by atoms with van der Waals surface area (Å²) in [6.07, 6.45) is 3.31. The molecule has 0 aliphatic carbocycles. The Morgan fingerprint density at radius 1 is 1.27 bits per heavy atom.